The Bertz CT molecular complexity index is 690. The van der Waals surface area contributed by atoms with Crippen molar-refractivity contribution in [3.8, 4) is 11.1 Å². The van der Waals surface area contributed by atoms with Gasteiger partial charge in [0.2, 0.25) is 0 Å². The van der Waals surface area contributed by atoms with Gasteiger partial charge in [0, 0.05) is 28.5 Å². The van der Waals surface area contributed by atoms with Gasteiger partial charge in [-0.25, -0.2) is 9.50 Å². The lowest BCUT2D eigenvalue weighted by Crippen LogP contribution is -1.93. The SMILES string of the molecule is Nc1cnn2cc(-c3ccccc3Cl)cnc12. The van der Waals surface area contributed by atoms with Crippen LogP contribution < -0.4 is 5.73 Å². The number of fused-ring (bicyclic) bond motifs is 1. The third-order valence-corrected chi connectivity index (χ3v) is 2.90. The number of benzene rings is 1. The number of anilines is 1. The Kier molecular flexibility index (Phi) is 2.23. The van der Waals surface area contributed by atoms with E-state index >= 15 is 0 Å². The minimum absolute atomic E-state index is 0.565. The van der Waals surface area contributed by atoms with Crippen molar-refractivity contribution in [3.05, 3.63) is 47.9 Å². The zero-order valence-electron chi connectivity index (χ0n) is 8.84. The second-order valence-electron chi connectivity index (χ2n) is 3.69. The number of nitrogens with zero attached hydrogens (tertiary/aromatic N) is 3. The second kappa shape index (κ2) is 3.75. The zero-order valence-corrected chi connectivity index (χ0v) is 9.59. The molecule has 3 aromatic rings. The van der Waals surface area contributed by atoms with Crippen molar-refractivity contribution >= 4 is 22.9 Å². The van der Waals surface area contributed by atoms with Gasteiger partial charge in [-0.1, -0.05) is 29.8 Å². The molecule has 0 fully saturated rings. The van der Waals surface area contributed by atoms with Gasteiger partial charge in [0.25, 0.3) is 0 Å². The molecule has 2 aromatic heterocycles. The number of nitrogens with two attached hydrogens (primary N) is 1. The van der Waals surface area contributed by atoms with E-state index in [1.54, 1.807) is 16.9 Å². The van der Waals surface area contributed by atoms with Crippen molar-refractivity contribution < 1.29 is 0 Å². The zero-order chi connectivity index (χ0) is 11.8. The molecule has 0 amide bonds. The monoisotopic (exact) mass is 244 g/mol. The van der Waals surface area contributed by atoms with Crippen LogP contribution in [0, 0.1) is 0 Å². The molecule has 0 unspecified atom stereocenters. The standard InChI is InChI=1S/C12H9ClN4/c13-10-4-2-1-3-9(10)8-5-15-12-11(14)6-16-17(12)7-8/h1-7H,14H2. The van der Waals surface area contributed by atoms with Gasteiger partial charge in [0.15, 0.2) is 5.65 Å². The molecule has 84 valence electrons. The van der Waals surface area contributed by atoms with E-state index in [0.29, 0.717) is 16.4 Å². The largest absolute Gasteiger partial charge is 0.394 e. The van der Waals surface area contributed by atoms with E-state index in [1.807, 2.05) is 30.5 Å². The molecule has 0 aliphatic rings. The van der Waals surface area contributed by atoms with Crippen LogP contribution >= 0.6 is 11.6 Å². The van der Waals surface area contributed by atoms with E-state index in [4.69, 9.17) is 17.3 Å². The molecule has 2 heterocycles. The summed E-state index contributed by atoms with van der Waals surface area (Å²) in [4.78, 5) is 4.28. The summed E-state index contributed by atoms with van der Waals surface area (Å²) in [5, 5.41) is 4.81. The highest BCUT2D eigenvalue weighted by molar-refractivity contribution is 6.33. The van der Waals surface area contributed by atoms with Crippen LogP contribution in [-0.4, -0.2) is 14.6 Å². The Morgan fingerprint density at radius 3 is 2.82 bits per heavy atom. The van der Waals surface area contributed by atoms with Crippen LogP contribution in [0.15, 0.2) is 42.9 Å². The molecule has 0 saturated heterocycles. The number of hydrogen-bond acceptors (Lipinski definition) is 3. The molecule has 5 heteroatoms. The van der Waals surface area contributed by atoms with Crippen molar-refractivity contribution in [2.45, 2.75) is 0 Å². The summed E-state index contributed by atoms with van der Waals surface area (Å²) in [7, 11) is 0. The van der Waals surface area contributed by atoms with E-state index in [-0.39, 0.29) is 0 Å². The minimum Gasteiger partial charge on any atom is -0.394 e. The van der Waals surface area contributed by atoms with Gasteiger partial charge >= 0.3 is 0 Å². The molecule has 0 atom stereocenters. The number of rotatable bonds is 1. The van der Waals surface area contributed by atoms with Crippen LogP contribution in [0.5, 0.6) is 0 Å². The molecular weight excluding hydrogens is 236 g/mol. The van der Waals surface area contributed by atoms with Crippen molar-refractivity contribution in [2.24, 2.45) is 0 Å². The van der Waals surface area contributed by atoms with Crippen LogP contribution in [0.25, 0.3) is 16.8 Å². The first-order valence-corrected chi connectivity index (χ1v) is 5.47. The smallest absolute Gasteiger partial charge is 0.178 e. The van der Waals surface area contributed by atoms with Crippen LogP contribution in [-0.2, 0) is 0 Å². The lowest BCUT2D eigenvalue weighted by Gasteiger charge is -2.04. The number of nitrogen functional groups attached to an aromatic ring is 1. The maximum Gasteiger partial charge on any atom is 0.178 e. The van der Waals surface area contributed by atoms with Crippen LogP contribution in [0.3, 0.4) is 0 Å². The van der Waals surface area contributed by atoms with Gasteiger partial charge in [0.05, 0.1) is 11.9 Å². The normalized spacial score (nSPS) is 10.9. The fourth-order valence-corrected chi connectivity index (χ4v) is 1.97. The summed E-state index contributed by atoms with van der Waals surface area (Å²) in [6.45, 7) is 0. The van der Waals surface area contributed by atoms with Crippen molar-refractivity contribution in [1.29, 1.82) is 0 Å². The molecule has 0 bridgehead atoms. The Hall–Kier alpha value is -2.07. The molecule has 17 heavy (non-hydrogen) atoms. The summed E-state index contributed by atoms with van der Waals surface area (Å²) < 4.78 is 1.65. The quantitative estimate of drug-likeness (QED) is 0.716. The first kappa shape index (κ1) is 10.1. The maximum atomic E-state index is 6.13. The molecule has 0 radical (unpaired) electrons. The predicted molar refractivity (Wildman–Crippen MR) is 67.8 cm³/mol. The van der Waals surface area contributed by atoms with E-state index in [9.17, 15) is 0 Å². The van der Waals surface area contributed by atoms with Crippen LogP contribution in [0.4, 0.5) is 5.69 Å². The van der Waals surface area contributed by atoms with E-state index in [2.05, 4.69) is 10.1 Å². The van der Waals surface area contributed by atoms with Crippen molar-refractivity contribution in [2.75, 3.05) is 5.73 Å². The van der Waals surface area contributed by atoms with Crippen molar-refractivity contribution in [3.63, 3.8) is 0 Å². The van der Waals surface area contributed by atoms with Gasteiger partial charge in [-0.15, -0.1) is 0 Å². The Balaban J connectivity index is 2.22. The molecule has 0 aliphatic heterocycles. The number of hydrogen-bond donors (Lipinski definition) is 1. The summed E-state index contributed by atoms with van der Waals surface area (Å²) in [5.41, 5.74) is 8.78. The first-order valence-electron chi connectivity index (χ1n) is 5.09. The Morgan fingerprint density at radius 2 is 2.00 bits per heavy atom. The molecule has 0 spiro atoms. The fraction of sp³-hybridized carbons (Fsp3) is 0. The Morgan fingerprint density at radius 1 is 1.18 bits per heavy atom. The highest BCUT2D eigenvalue weighted by Crippen LogP contribution is 2.27. The lowest BCUT2D eigenvalue weighted by atomic mass is 10.1. The predicted octanol–water partition coefficient (Wildman–Crippen LogP) is 2.63. The number of aromatic nitrogens is 3. The van der Waals surface area contributed by atoms with Crippen LogP contribution in [0.1, 0.15) is 0 Å². The minimum atomic E-state index is 0.565. The molecule has 3 rings (SSSR count). The van der Waals surface area contributed by atoms with E-state index in [1.165, 1.54) is 0 Å². The first-order chi connectivity index (χ1) is 8.25. The fourth-order valence-electron chi connectivity index (χ4n) is 1.73. The highest BCUT2D eigenvalue weighted by atomic mass is 35.5. The summed E-state index contributed by atoms with van der Waals surface area (Å²) >= 11 is 6.13. The maximum absolute atomic E-state index is 6.13. The van der Waals surface area contributed by atoms with E-state index in [0.717, 1.165) is 11.1 Å². The number of halogens is 1. The summed E-state index contributed by atoms with van der Waals surface area (Å²) in [5.74, 6) is 0. The molecule has 0 saturated carbocycles. The average molecular weight is 245 g/mol. The lowest BCUT2D eigenvalue weighted by molar-refractivity contribution is 0.941. The van der Waals surface area contributed by atoms with Gasteiger partial charge < -0.3 is 5.73 Å². The van der Waals surface area contributed by atoms with Gasteiger partial charge in [-0.2, -0.15) is 5.10 Å². The summed E-state index contributed by atoms with van der Waals surface area (Å²) in [6.07, 6.45) is 5.19. The van der Waals surface area contributed by atoms with Crippen LogP contribution in [0.2, 0.25) is 5.02 Å². The van der Waals surface area contributed by atoms with Gasteiger partial charge in [0.1, 0.15) is 0 Å². The Labute approximate surface area is 103 Å². The van der Waals surface area contributed by atoms with Gasteiger partial charge in [-0.3, -0.25) is 0 Å². The summed E-state index contributed by atoms with van der Waals surface area (Å²) in [6, 6.07) is 7.61. The molecule has 2 N–H and O–H groups in total. The third kappa shape index (κ3) is 1.62. The molecule has 0 aliphatic carbocycles. The van der Waals surface area contributed by atoms with E-state index < -0.39 is 0 Å². The highest BCUT2D eigenvalue weighted by Gasteiger charge is 2.06. The topological polar surface area (TPSA) is 56.2 Å². The molecular formula is C12H9ClN4. The second-order valence-corrected chi connectivity index (χ2v) is 4.10. The average Bonchev–Trinajstić information content (AvgIpc) is 2.71. The van der Waals surface area contributed by atoms with Crippen molar-refractivity contribution in [1.82, 2.24) is 14.6 Å². The third-order valence-electron chi connectivity index (χ3n) is 2.57. The molecule has 1 aromatic carbocycles. The van der Waals surface area contributed by atoms with Gasteiger partial charge in [-0.05, 0) is 6.07 Å². The molecule has 4 nitrogen and oxygen atoms in total.